The van der Waals surface area contributed by atoms with Gasteiger partial charge in [-0.1, -0.05) is 55.0 Å². The third kappa shape index (κ3) is 3.00. The van der Waals surface area contributed by atoms with Crippen LogP contribution in [-0.2, 0) is 0 Å². The van der Waals surface area contributed by atoms with E-state index in [1.54, 1.807) is 18.2 Å². The van der Waals surface area contributed by atoms with Crippen LogP contribution in [0.1, 0.15) is 50.2 Å². The van der Waals surface area contributed by atoms with Gasteiger partial charge in [-0.15, -0.1) is 0 Å². The molecule has 1 saturated carbocycles. The van der Waals surface area contributed by atoms with E-state index in [9.17, 15) is 10.2 Å². The maximum Gasteiger partial charge on any atom is 0.108 e. The van der Waals surface area contributed by atoms with Crippen molar-refractivity contribution in [3.05, 3.63) is 33.8 Å². The number of benzene rings is 1. The van der Waals surface area contributed by atoms with Crippen LogP contribution < -0.4 is 0 Å². The van der Waals surface area contributed by atoms with E-state index in [2.05, 4.69) is 0 Å². The van der Waals surface area contributed by atoms with Crippen LogP contribution in [0.5, 0.6) is 0 Å². The fraction of sp³-hybridized carbons (Fsp3) is 0.571. The third-order valence-electron chi connectivity index (χ3n) is 3.74. The van der Waals surface area contributed by atoms with E-state index in [1.165, 1.54) is 0 Å². The molecule has 18 heavy (non-hydrogen) atoms. The molecular formula is C14H18Cl2O2. The summed E-state index contributed by atoms with van der Waals surface area (Å²) < 4.78 is 0. The molecule has 100 valence electrons. The molecule has 2 rings (SSSR count). The number of aliphatic hydroxyl groups is 2. The van der Waals surface area contributed by atoms with Crippen LogP contribution in [0.25, 0.3) is 0 Å². The first-order chi connectivity index (χ1) is 8.53. The Balaban J connectivity index is 2.22. The van der Waals surface area contributed by atoms with Gasteiger partial charge in [-0.05, 0) is 30.5 Å². The van der Waals surface area contributed by atoms with E-state index in [4.69, 9.17) is 23.2 Å². The smallest absolute Gasteiger partial charge is 0.108 e. The molecule has 1 aromatic carbocycles. The molecule has 1 atom stereocenters. The lowest BCUT2D eigenvalue weighted by Gasteiger charge is -2.32. The first-order valence-electron chi connectivity index (χ1n) is 6.38. The molecule has 4 heteroatoms. The SMILES string of the molecule is OC(c1ccc(Cl)c(Cl)c1)C1(O)CCCCCC1. The van der Waals surface area contributed by atoms with E-state index in [1.807, 2.05) is 0 Å². The highest BCUT2D eigenvalue weighted by molar-refractivity contribution is 6.42. The van der Waals surface area contributed by atoms with Gasteiger partial charge in [0, 0.05) is 0 Å². The highest BCUT2D eigenvalue weighted by Crippen LogP contribution is 2.38. The summed E-state index contributed by atoms with van der Waals surface area (Å²) in [4.78, 5) is 0. The van der Waals surface area contributed by atoms with Gasteiger partial charge < -0.3 is 10.2 Å². The molecule has 0 spiro atoms. The summed E-state index contributed by atoms with van der Waals surface area (Å²) in [5.41, 5.74) is -0.401. The fourth-order valence-corrected chi connectivity index (χ4v) is 2.91. The Morgan fingerprint density at radius 3 is 2.17 bits per heavy atom. The average Bonchev–Trinajstić information content (AvgIpc) is 2.58. The zero-order valence-electron chi connectivity index (χ0n) is 10.2. The van der Waals surface area contributed by atoms with Crippen molar-refractivity contribution in [2.24, 2.45) is 0 Å². The Morgan fingerprint density at radius 2 is 1.61 bits per heavy atom. The summed E-state index contributed by atoms with van der Waals surface area (Å²) in [5.74, 6) is 0. The summed E-state index contributed by atoms with van der Waals surface area (Å²) in [6.45, 7) is 0. The third-order valence-corrected chi connectivity index (χ3v) is 4.48. The summed E-state index contributed by atoms with van der Waals surface area (Å²) in [6.07, 6.45) is 4.52. The average molecular weight is 289 g/mol. The van der Waals surface area contributed by atoms with Gasteiger partial charge in [0.2, 0.25) is 0 Å². The largest absolute Gasteiger partial charge is 0.387 e. The molecule has 1 aliphatic carbocycles. The highest BCUT2D eigenvalue weighted by Gasteiger charge is 2.36. The lowest BCUT2D eigenvalue weighted by atomic mass is 9.84. The minimum absolute atomic E-state index is 0.408. The van der Waals surface area contributed by atoms with Gasteiger partial charge in [-0.3, -0.25) is 0 Å². The summed E-state index contributed by atoms with van der Waals surface area (Å²) in [6, 6.07) is 5.02. The van der Waals surface area contributed by atoms with Crippen LogP contribution in [0.3, 0.4) is 0 Å². The van der Waals surface area contributed by atoms with Gasteiger partial charge in [0.1, 0.15) is 6.10 Å². The van der Waals surface area contributed by atoms with Crippen LogP contribution >= 0.6 is 23.2 Å². The molecule has 0 aromatic heterocycles. The summed E-state index contributed by atoms with van der Waals surface area (Å²) in [7, 11) is 0. The standard InChI is InChI=1S/C14H18Cl2O2/c15-11-6-5-10(9-12(11)16)13(17)14(18)7-3-1-2-4-8-14/h5-6,9,13,17-18H,1-4,7-8H2. The maximum absolute atomic E-state index is 10.6. The van der Waals surface area contributed by atoms with Gasteiger partial charge in [-0.2, -0.15) is 0 Å². The number of rotatable bonds is 2. The normalized spacial score (nSPS) is 21.3. The van der Waals surface area contributed by atoms with Gasteiger partial charge in [0.15, 0.2) is 0 Å². The van der Waals surface area contributed by atoms with Crippen molar-refractivity contribution < 1.29 is 10.2 Å². The van der Waals surface area contributed by atoms with Crippen molar-refractivity contribution in [3.8, 4) is 0 Å². The Kier molecular flexibility index (Phi) is 4.54. The lowest BCUT2D eigenvalue weighted by Crippen LogP contribution is -2.35. The molecule has 1 aliphatic rings. The minimum atomic E-state index is -1.03. The summed E-state index contributed by atoms with van der Waals surface area (Å²) >= 11 is 11.8. The number of hydrogen-bond donors (Lipinski definition) is 2. The molecule has 0 bridgehead atoms. The van der Waals surface area contributed by atoms with E-state index >= 15 is 0 Å². The molecule has 1 fully saturated rings. The lowest BCUT2D eigenvalue weighted by molar-refractivity contribution is -0.0867. The molecule has 2 N–H and O–H groups in total. The number of halogens is 2. The van der Waals surface area contributed by atoms with Crippen LogP contribution in [0.4, 0.5) is 0 Å². The predicted octanol–water partition coefficient (Wildman–Crippen LogP) is 4.11. The Morgan fingerprint density at radius 1 is 1.00 bits per heavy atom. The van der Waals surface area contributed by atoms with Crippen molar-refractivity contribution in [2.45, 2.75) is 50.2 Å². The molecule has 0 saturated heterocycles. The monoisotopic (exact) mass is 288 g/mol. The van der Waals surface area contributed by atoms with Crippen LogP contribution in [-0.4, -0.2) is 15.8 Å². The second-order valence-corrected chi connectivity index (χ2v) is 5.91. The number of aliphatic hydroxyl groups excluding tert-OH is 1. The Labute approximate surface area is 118 Å². The number of hydrogen-bond acceptors (Lipinski definition) is 2. The maximum atomic E-state index is 10.6. The minimum Gasteiger partial charge on any atom is -0.387 e. The second kappa shape index (κ2) is 5.79. The van der Waals surface area contributed by atoms with Crippen LogP contribution in [0.2, 0.25) is 10.0 Å². The first-order valence-corrected chi connectivity index (χ1v) is 7.14. The second-order valence-electron chi connectivity index (χ2n) is 5.09. The molecule has 1 aromatic rings. The molecule has 0 radical (unpaired) electrons. The molecule has 0 amide bonds. The van der Waals surface area contributed by atoms with Crippen molar-refractivity contribution in [1.29, 1.82) is 0 Å². The van der Waals surface area contributed by atoms with E-state index < -0.39 is 11.7 Å². The van der Waals surface area contributed by atoms with Crippen molar-refractivity contribution in [1.82, 2.24) is 0 Å². The Bertz CT molecular complexity index is 412. The fourth-order valence-electron chi connectivity index (χ4n) is 2.61. The van der Waals surface area contributed by atoms with Gasteiger partial charge in [0.05, 0.1) is 15.6 Å². The molecule has 1 unspecified atom stereocenters. The predicted molar refractivity (Wildman–Crippen MR) is 74.1 cm³/mol. The van der Waals surface area contributed by atoms with Crippen molar-refractivity contribution >= 4 is 23.2 Å². The van der Waals surface area contributed by atoms with Gasteiger partial charge in [0.25, 0.3) is 0 Å². The van der Waals surface area contributed by atoms with Gasteiger partial charge >= 0.3 is 0 Å². The zero-order valence-corrected chi connectivity index (χ0v) is 11.7. The zero-order chi connectivity index (χ0) is 13.2. The van der Waals surface area contributed by atoms with E-state index in [-0.39, 0.29) is 0 Å². The topological polar surface area (TPSA) is 40.5 Å². The molecule has 0 heterocycles. The van der Waals surface area contributed by atoms with Gasteiger partial charge in [-0.25, -0.2) is 0 Å². The summed E-state index contributed by atoms with van der Waals surface area (Å²) in [5, 5.41) is 21.9. The van der Waals surface area contributed by atoms with Crippen molar-refractivity contribution in [2.75, 3.05) is 0 Å². The molecule has 0 aliphatic heterocycles. The molecular weight excluding hydrogens is 271 g/mol. The highest BCUT2D eigenvalue weighted by atomic mass is 35.5. The quantitative estimate of drug-likeness (QED) is 0.804. The molecule has 2 nitrogen and oxygen atoms in total. The van der Waals surface area contributed by atoms with Crippen molar-refractivity contribution in [3.63, 3.8) is 0 Å². The van der Waals surface area contributed by atoms with Crippen LogP contribution in [0, 0.1) is 0 Å². The first kappa shape index (κ1) is 14.1. The Hall–Kier alpha value is -0.280. The van der Waals surface area contributed by atoms with Crippen LogP contribution in [0.15, 0.2) is 18.2 Å². The van der Waals surface area contributed by atoms with E-state index in [0.29, 0.717) is 28.5 Å². The van der Waals surface area contributed by atoms with E-state index in [0.717, 1.165) is 25.7 Å².